The van der Waals surface area contributed by atoms with Gasteiger partial charge in [0, 0.05) is 19.6 Å². The van der Waals surface area contributed by atoms with Crippen LogP contribution in [0.15, 0.2) is 54.9 Å². The fourth-order valence-electron chi connectivity index (χ4n) is 5.93. The number of amides is 1. The molecule has 0 saturated carbocycles. The molecular weight excluding hydrogens is 505 g/mol. The Hall–Kier alpha value is -3.20. The van der Waals surface area contributed by atoms with Crippen LogP contribution in [0, 0.1) is 31.5 Å². The highest BCUT2D eigenvalue weighted by atomic mass is 35.5. The molecule has 0 radical (unpaired) electrons. The number of rotatable bonds is 8. The third kappa shape index (κ3) is 5.21. The third-order valence-electron chi connectivity index (χ3n) is 7.80. The van der Waals surface area contributed by atoms with Gasteiger partial charge in [-0.1, -0.05) is 48.0 Å². The van der Waals surface area contributed by atoms with Gasteiger partial charge in [-0.3, -0.25) is 14.5 Å². The zero-order valence-electron chi connectivity index (χ0n) is 21.5. The predicted octanol–water partition coefficient (Wildman–Crippen LogP) is 4.15. The van der Waals surface area contributed by atoms with Crippen LogP contribution in [0.1, 0.15) is 50.1 Å². The molecule has 198 valence electrons. The lowest BCUT2D eigenvalue weighted by Gasteiger charge is -2.29. The molecule has 2 aromatic carbocycles. The molecule has 2 unspecified atom stereocenters. The first-order valence-electron chi connectivity index (χ1n) is 12.9. The van der Waals surface area contributed by atoms with E-state index in [2.05, 4.69) is 25.5 Å². The highest BCUT2D eigenvalue weighted by Crippen LogP contribution is 2.36. The van der Waals surface area contributed by atoms with E-state index in [-0.39, 0.29) is 34.2 Å². The Labute approximate surface area is 226 Å². The van der Waals surface area contributed by atoms with Crippen molar-refractivity contribution >= 4 is 23.3 Å². The Morgan fingerprint density at radius 2 is 1.82 bits per heavy atom. The third-order valence-corrected chi connectivity index (χ3v) is 8.12. The van der Waals surface area contributed by atoms with Gasteiger partial charge in [-0.2, -0.15) is 0 Å². The van der Waals surface area contributed by atoms with Crippen LogP contribution in [-0.2, 0) is 0 Å². The second-order valence-corrected chi connectivity index (χ2v) is 10.5. The van der Waals surface area contributed by atoms with Gasteiger partial charge in [-0.05, 0) is 56.3 Å². The van der Waals surface area contributed by atoms with Crippen LogP contribution in [0.2, 0.25) is 5.02 Å². The van der Waals surface area contributed by atoms with Crippen molar-refractivity contribution in [3.8, 4) is 0 Å². The summed E-state index contributed by atoms with van der Waals surface area (Å²) in [5.74, 6) is -0.733. The van der Waals surface area contributed by atoms with E-state index in [0.29, 0.717) is 42.4 Å². The van der Waals surface area contributed by atoms with Gasteiger partial charge >= 0.3 is 0 Å². The van der Waals surface area contributed by atoms with Crippen LogP contribution in [0.4, 0.5) is 4.39 Å². The van der Waals surface area contributed by atoms with E-state index in [0.717, 1.165) is 18.7 Å². The van der Waals surface area contributed by atoms with Gasteiger partial charge in [0.25, 0.3) is 5.91 Å². The lowest BCUT2D eigenvalue weighted by Crippen LogP contribution is -2.43. The number of hydrogen-bond acceptors (Lipinski definition) is 6. The quantitative estimate of drug-likeness (QED) is 0.421. The molecule has 0 aliphatic carbocycles. The number of nitrogens with one attached hydrogen (secondary N) is 2. The van der Waals surface area contributed by atoms with E-state index >= 15 is 0 Å². The molecule has 2 N–H and O–H groups in total. The first-order chi connectivity index (χ1) is 18.3. The summed E-state index contributed by atoms with van der Waals surface area (Å²) in [6.07, 6.45) is 2.03. The minimum atomic E-state index is -0.595. The number of fused-ring (bicyclic) bond motifs is 1. The molecule has 0 spiro atoms. The molecule has 3 aromatic rings. The van der Waals surface area contributed by atoms with Crippen molar-refractivity contribution in [3.05, 3.63) is 93.8 Å². The molecule has 3 heterocycles. The summed E-state index contributed by atoms with van der Waals surface area (Å²) < 4.78 is 14.7. The van der Waals surface area contributed by atoms with E-state index in [1.807, 2.05) is 30.3 Å². The summed E-state index contributed by atoms with van der Waals surface area (Å²) in [5, 5.41) is 6.69. The van der Waals surface area contributed by atoms with Crippen molar-refractivity contribution in [2.45, 2.75) is 32.4 Å². The second-order valence-electron chi connectivity index (χ2n) is 10.1. The number of carbonyl (C=O) groups excluding carboxylic acids is 2. The zero-order valence-corrected chi connectivity index (χ0v) is 22.2. The lowest BCUT2D eigenvalue weighted by atomic mass is 9.89. The largest absolute Gasteiger partial charge is 0.345 e. The molecular formula is C29H31ClFN5O2. The number of ketones is 1. The molecule has 7 nitrogen and oxygen atoms in total. The molecule has 2 fully saturated rings. The van der Waals surface area contributed by atoms with Gasteiger partial charge in [0.05, 0.1) is 39.6 Å². The van der Waals surface area contributed by atoms with Crippen molar-refractivity contribution in [2.75, 3.05) is 26.2 Å². The van der Waals surface area contributed by atoms with Gasteiger partial charge in [-0.25, -0.2) is 14.4 Å². The summed E-state index contributed by atoms with van der Waals surface area (Å²) >= 11 is 6.29. The van der Waals surface area contributed by atoms with Crippen LogP contribution >= 0.6 is 11.6 Å². The van der Waals surface area contributed by atoms with Crippen LogP contribution in [0.25, 0.3) is 0 Å². The Morgan fingerprint density at radius 3 is 2.53 bits per heavy atom. The van der Waals surface area contributed by atoms with Gasteiger partial charge in [0.2, 0.25) is 0 Å². The second kappa shape index (κ2) is 11.3. The number of aromatic nitrogens is 2. The van der Waals surface area contributed by atoms with E-state index in [9.17, 15) is 14.0 Å². The van der Waals surface area contributed by atoms with Crippen molar-refractivity contribution in [2.24, 2.45) is 11.8 Å². The van der Waals surface area contributed by atoms with Crippen LogP contribution < -0.4 is 10.6 Å². The maximum Gasteiger partial charge on any atom is 0.255 e. The van der Waals surface area contributed by atoms with E-state index in [4.69, 9.17) is 11.6 Å². The number of nitrogens with zero attached hydrogens (tertiary/aromatic N) is 3. The van der Waals surface area contributed by atoms with Gasteiger partial charge < -0.3 is 10.6 Å². The smallest absolute Gasteiger partial charge is 0.255 e. The van der Waals surface area contributed by atoms with E-state index in [1.165, 1.54) is 18.5 Å². The predicted molar refractivity (Wildman–Crippen MR) is 144 cm³/mol. The number of likely N-dealkylation sites (tertiary alicyclic amines) is 1. The first-order valence-corrected chi connectivity index (χ1v) is 13.3. The summed E-state index contributed by atoms with van der Waals surface area (Å²) in [4.78, 5) is 37.6. The number of Topliss-reactive ketones (excluding diaryl/α,β-unsaturated/α-hetero) is 1. The van der Waals surface area contributed by atoms with Gasteiger partial charge in [0.1, 0.15) is 12.1 Å². The summed E-state index contributed by atoms with van der Waals surface area (Å²) in [6, 6.07) is 13.3. The topological polar surface area (TPSA) is 87.2 Å². The number of carbonyl (C=O) groups is 2. The molecule has 2 aliphatic heterocycles. The Morgan fingerprint density at radius 1 is 1.08 bits per heavy atom. The highest BCUT2D eigenvalue weighted by Gasteiger charge is 2.48. The molecule has 1 aromatic heterocycles. The minimum absolute atomic E-state index is 0.0420. The Balaban J connectivity index is 1.39. The Bertz CT molecular complexity index is 1300. The van der Waals surface area contributed by atoms with Crippen molar-refractivity contribution in [1.29, 1.82) is 0 Å². The molecule has 4 atom stereocenters. The number of halogens is 2. The number of aryl methyl sites for hydroxylation is 2. The average molecular weight is 536 g/mol. The van der Waals surface area contributed by atoms with Crippen molar-refractivity contribution < 1.29 is 14.0 Å². The van der Waals surface area contributed by atoms with E-state index in [1.54, 1.807) is 19.9 Å². The minimum Gasteiger partial charge on any atom is -0.345 e. The highest BCUT2D eigenvalue weighted by molar-refractivity contribution is 6.34. The SMILES string of the molecule is Cc1ncnc(C)c1C(=O)NC(CCN1CC2CNC[C@H]2[C@H]1C(=O)c1c(F)cccc1Cl)c1ccccc1. The van der Waals surface area contributed by atoms with Gasteiger partial charge in [-0.15, -0.1) is 0 Å². The summed E-state index contributed by atoms with van der Waals surface area (Å²) in [5.41, 5.74) is 2.63. The van der Waals surface area contributed by atoms with Crippen molar-refractivity contribution in [3.63, 3.8) is 0 Å². The summed E-state index contributed by atoms with van der Waals surface area (Å²) in [6.45, 7) is 6.39. The van der Waals surface area contributed by atoms with Gasteiger partial charge in [0.15, 0.2) is 5.78 Å². The average Bonchev–Trinajstić information content (AvgIpc) is 3.48. The molecule has 2 aliphatic rings. The zero-order chi connectivity index (χ0) is 26.8. The van der Waals surface area contributed by atoms with Crippen LogP contribution in [0.3, 0.4) is 0 Å². The normalized spacial score (nSPS) is 21.7. The molecule has 5 rings (SSSR count). The van der Waals surface area contributed by atoms with Crippen LogP contribution in [-0.4, -0.2) is 58.8 Å². The molecule has 9 heteroatoms. The Kier molecular flexibility index (Phi) is 7.83. The lowest BCUT2D eigenvalue weighted by molar-refractivity contribution is 0.0816. The molecule has 2 saturated heterocycles. The monoisotopic (exact) mass is 535 g/mol. The van der Waals surface area contributed by atoms with Crippen molar-refractivity contribution in [1.82, 2.24) is 25.5 Å². The fourth-order valence-corrected chi connectivity index (χ4v) is 6.19. The molecule has 1 amide bonds. The number of benzene rings is 2. The maximum atomic E-state index is 14.7. The maximum absolute atomic E-state index is 14.7. The number of hydrogen-bond donors (Lipinski definition) is 2. The molecule has 0 bridgehead atoms. The van der Waals surface area contributed by atoms with Crippen LogP contribution in [0.5, 0.6) is 0 Å². The standard InChI is InChI=1S/C29H31ClFN5O2/c1-17-25(18(2)34-16-33-17)29(38)35-24(19-7-4-3-5-8-19)11-12-36-15-20-13-32-14-21(20)27(36)28(37)26-22(30)9-6-10-23(26)31/h3-10,16,20-21,24,27,32H,11-15H2,1-2H3,(H,35,38)/t20?,21-,24?,27+/m1/s1. The first kappa shape index (κ1) is 26.4. The van der Waals surface area contributed by atoms with E-state index < -0.39 is 11.9 Å². The molecule has 38 heavy (non-hydrogen) atoms. The summed E-state index contributed by atoms with van der Waals surface area (Å²) in [7, 11) is 0. The fraction of sp³-hybridized carbons (Fsp3) is 0.379.